The molecule has 0 saturated heterocycles. The van der Waals surface area contributed by atoms with Crippen molar-refractivity contribution in [1.29, 1.82) is 0 Å². The summed E-state index contributed by atoms with van der Waals surface area (Å²) < 4.78 is 0. The molecule has 0 unspecified atom stereocenters. The Morgan fingerprint density at radius 3 is 2.39 bits per heavy atom. The maximum atomic E-state index is 11.9. The predicted octanol–water partition coefficient (Wildman–Crippen LogP) is 3.69. The minimum absolute atomic E-state index is 0.0434. The lowest BCUT2D eigenvalue weighted by Crippen LogP contribution is -2.13. The first kappa shape index (κ1) is 13.1. The fraction of sp³-hybridized carbons (Fsp3) is 0. The fourth-order valence-electron chi connectivity index (χ4n) is 1.23. The molecule has 0 fully saturated rings. The molecule has 4 nitrogen and oxygen atoms in total. The van der Waals surface area contributed by atoms with Crippen molar-refractivity contribution >= 4 is 46.4 Å². The fourth-order valence-corrected chi connectivity index (χ4v) is 1.77. The van der Waals surface area contributed by atoms with Crippen molar-refractivity contribution in [1.82, 2.24) is 9.97 Å². The first-order valence-electron chi connectivity index (χ1n) is 4.81. The van der Waals surface area contributed by atoms with Crippen molar-refractivity contribution in [2.75, 3.05) is 5.32 Å². The number of anilines is 1. The number of nitrogens with one attached hydrogen (secondary N) is 1. The van der Waals surface area contributed by atoms with Gasteiger partial charge < -0.3 is 5.32 Å². The molecule has 92 valence electrons. The minimum Gasteiger partial charge on any atom is -0.320 e. The molecule has 2 rings (SSSR count). The number of amides is 1. The van der Waals surface area contributed by atoms with Gasteiger partial charge in [-0.05, 0) is 24.3 Å². The molecule has 0 spiro atoms. The zero-order chi connectivity index (χ0) is 13.1. The lowest BCUT2D eigenvalue weighted by Gasteiger charge is -2.06. The van der Waals surface area contributed by atoms with E-state index in [2.05, 4.69) is 15.3 Å². The SMILES string of the molecule is O=C(Nc1ccc(Cl)nc1)c1ccc(Cl)nc1Cl. The number of rotatable bonds is 2. The van der Waals surface area contributed by atoms with Crippen LogP contribution in [0.2, 0.25) is 15.5 Å². The Morgan fingerprint density at radius 1 is 1.06 bits per heavy atom. The monoisotopic (exact) mass is 301 g/mol. The van der Waals surface area contributed by atoms with Gasteiger partial charge in [-0.25, -0.2) is 9.97 Å². The minimum atomic E-state index is -0.395. The van der Waals surface area contributed by atoms with Gasteiger partial charge in [-0.3, -0.25) is 4.79 Å². The molecule has 0 atom stereocenters. The maximum Gasteiger partial charge on any atom is 0.258 e. The molecule has 0 radical (unpaired) electrons. The van der Waals surface area contributed by atoms with E-state index in [1.807, 2.05) is 0 Å². The summed E-state index contributed by atoms with van der Waals surface area (Å²) in [6.45, 7) is 0. The van der Waals surface area contributed by atoms with Gasteiger partial charge >= 0.3 is 0 Å². The Morgan fingerprint density at radius 2 is 1.78 bits per heavy atom. The Bertz CT molecular complexity index is 587. The molecule has 2 aromatic heterocycles. The van der Waals surface area contributed by atoms with E-state index in [1.54, 1.807) is 12.1 Å². The first-order valence-corrected chi connectivity index (χ1v) is 5.94. The number of aromatic nitrogens is 2. The van der Waals surface area contributed by atoms with Crippen LogP contribution in [0.25, 0.3) is 0 Å². The van der Waals surface area contributed by atoms with Crippen LogP contribution >= 0.6 is 34.8 Å². The van der Waals surface area contributed by atoms with Crippen LogP contribution in [0.1, 0.15) is 10.4 Å². The van der Waals surface area contributed by atoms with Crippen molar-refractivity contribution in [2.24, 2.45) is 0 Å². The molecule has 0 aliphatic rings. The summed E-state index contributed by atoms with van der Waals surface area (Å²) in [5.41, 5.74) is 0.742. The van der Waals surface area contributed by atoms with Crippen LogP contribution in [-0.4, -0.2) is 15.9 Å². The summed E-state index contributed by atoms with van der Waals surface area (Å²) in [5.74, 6) is -0.395. The standard InChI is InChI=1S/C11H6Cl3N3O/c12-8-3-1-6(5-15-8)16-11(18)7-2-4-9(13)17-10(7)14/h1-5H,(H,16,18). The van der Waals surface area contributed by atoms with Crippen LogP contribution in [0.4, 0.5) is 5.69 Å². The largest absolute Gasteiger partial charge is 0.320 e. The zero-order valence-corrected chi connectivity index (χ0v) is 11.1. The van der Waals surface area contributed by atoms with Crippen LogP contribution in [-0.2, 0) is 0 Å². The van der Waals surface area contributed by atoms with Crippen LogP contribution in [0, 0.1) is 0 Å². The first-order chi connectivity index (χ1) is 8.56. The van der Waals surface area contributed by atoms with Gasteiger partial charge in [0, 0.05) is 0 Å². The van der Waals surface area contributed by atoms with E-state index in [0.717, 1.165) is 0 Å². The molecular formula is C11H6Cl3N3O. The number of nitrogens with zero attached hydrogens (tertiary/aromatic N) is 2. The number of carbonyl (C=O) groups excluding carboxylic acids is 1. The summed E-state index contributed by atoms with van der Waals surface area (Å²) in [6, 6.07) is 6.18. The van der Waals surface area contributed by atoms with Crippen molar-refractivity contribution in [3.8, 4) is 0 Å². The third-order valence-electron chi connectivity index (χ3n) is 2.04. The van der Waals surface area contributed by atoms with Gasteiger partial charge in [0.15, 0.2) is 0 Å². The van der Waals surface area contributed by atoms with Gasteiger partial charge in [-0.15, -0.1) is 0 Å². The number of hydrogen-bond donors (Lipinski definition) is 1. The molecule has 2 aromatic rings. The summed E-state index contributed by atoms with van der Waals surface area (Å²) >= 11 is 17.1. The van der Waals surface area contributed by atoms with Crippen LogP contribution in [0.15, 0.2) is 30.5 Å². The lowest BCUT2D eigenvalue weighted by atomic mass is 10.2. The Hall–Kier alpha value is -1.36. The molecular weight excluding hydrogens is 296 g/mol. The van der Waals surface area contributed by atoms with Gasteiger partial charge in [-0.1, -0.05) is 34.8 Å². The topological polar surface area (TPSA) is 54.9 Å². The Balaban J connectivity index is 2.19. The molecule has 18 heavy (non-hydrogen) atoms. The molecule has 0 bridgehead atoms. The number of hydrogen-bond acceptors (Lipinski definition) is 3. The Kier molecular flexibility index (Phi) is 4.01. The van der Waals surface area contributed by atoms with Crippen LogP contribution in [0.3, 0.4) is 0 Å². The van der Waals surface area contributed by atoms with E-state index in [1.165, 1.54) is 18.3 Å². The second kappa shape index (κ2) is 5.52. The van der Waals surface area contributed by atoms with Gasteiger partial charge in [0.1, 0.15) is 15.5 Å². The predicted molar refractivity (Wildman–Crippen MR) is 71.5 cm³/mol. The summed E-state index contributed by atoms with van der Waals surface area (Å²) in [4.78, 5) is 19.5. The second-order valence-corrected chi connectivity index (χ2v) is 4.43. The van der Waals surface area contributed by atoms with E-state index in [0.29, 0.717) is 10.8 Å². The molecule has 1 amide bonds. The average Bonchev–Trinajstić information content (AvgIpc) is 2.32. The van der Waals surface area contributed by atoms with Gasteiger partial charge in [0.2, 0.25) is 0 Å². The number of carbonyl (C=O) groups is 1. The summed E-state index contributed by atoms with van der Waals surface area (Å²) in [6.07, 6.45) is 1.44. The smallest absolute Gasteiger partial charge is 0.258 e. The van der Waals surface area contributed by atoms with E-state index in [-0.39, 0.29) is 15.9 Å². The van der Waals surface area contributed by atoms with Crippen LogP contribution < -0.4 is 5.32 Å². The Labute approximate surface area is 118 Å². The van der Waals surface area contributed by atoms with Crippen LogP contribution in [0.5, 0.6) is 0 Å². The van der Waals surface area contributed by atoms with Crippen molar-refractivity contribution < 1.29 is 4.79 Å². The highest BCUT2D eigenvalue weighted by Gasteiger charge is 2.12. The molecule has 0 aliphatic carbocycles. The third-order valence-corrected chi connectivity index (χ3v) is 2.77. The average molecular weight is 303 g/mol. The second-order valence-electron chi connectivity index (χ2n) is 3.30. The van der Waals surface area contributed by atoms with E-state index in [9.17, 15) is 4.79 Å². The highest BCUT2D eigenvalue weighted by Crippen LogP contribution is 2.18. The van der Waals surface area contributed by atoms with E-state index < -0.39 is 5.91 Å². The number of halogens is 3. The molecule has 7 heteroatoms. The highest BCUT2D eigenvalue weighted by atomic mass is 35.5. The lowest BCUT2D eigenvalue weighted by molar-refractivity contribution is 0.102. The molecule has 0 aromatic carbocycles. The van der Waals surface area contributed by atoms with Crippen molar-refractivity contribution in [2.45, 2.75) is 0 Å². The van der Waals surface area contributed by atoms with E-state index in [4.69, 9.17) is 34.8 Å². The highest BCUT2D eigenvalue weighted by molar-refractivity contribution is 6.35. The normalized spacial score (nSPS) is 10.2. The van der Waals surface area contributed by atoms with Crippen molar-refractivity contribution in [3.05, 3.63) is 51.5 Å². The molecule has 0 saturated carbocycles. The quantitative estimate of drug-likeness (QED) is 0.861. The van der Waals surface area contributed by atoms with Gasteiger partial charge in [0.05, 0.1) is 17.4 Å². The number of pyridine rings is 2. The van der Waals surface area contributed by atoms with Gasteiger partial charge in [0.25, 0.3) is 5.91 Å². The molecule has 2 heterocycles. The van der Waals surface area contributed by atoms with Gasteiger partial charge in [-0.2, -0.15) is 0 Å². The molecule has 0 aliphatic heterocycles. The maximum absolute atomic E-state index is 11.9. The van der Waals surface area contributed by atoms with Crippen molar-refractivity contribution in [3.63, 3.8) is 0 Å². The third kappa shape index (κ3) is 3.10. The van der Waals surface area contributed by atoms with E-state index >= 15 is 0 Å². The zero-order valence-electron chi connectivity index (χ0n) is 8.82. The molecule has 1 N–H and O–H groups in total. The summed E-state index contributed by atoms with van der Waals surface area (Å²) in [5, 5.41) is 3.23. The summed E-state index contributed by atoms with van der Waals surface area (Å²) in [7, 11) is 0.